The monoisotopic (exact) mass is 235 g/mol. The van der Waals surface area contributed by atoms with Crippen molar-refractivity contribution in [2.45, 2.75) is 19.9 Å². The number of nitrogens with two attached hydrogens (primary N) is 1. The Morgan fingerprint density at radius 1 is 1.44 bits per heavy atom. The summed E-state index contributed by atoms with van der Waals surface area (Å²) in [5.41, 5.74) is 8.82. The van der Waals surface area contributed by atoms with E-state index in [0.717, 1.165) is 16.8 Å². The fourth-order valence-corrected chi connectivity index (χ4v) is 1.93. The molecule has 1 aromatic heterocycles. The van der Waals surface area contributed by atoms with E-state index < -0.39 is 0 Å². The minimum atomic E-state index is -0.0547. The van der Waals surface area contributed by atoms with Gasteiger partial charge in [0, 0.05) is 17.3 Å². The Kier molecular flexibility index (Phi) is 2.99. The number of nitrogens with zero attached hydrogens (tertiary/aromatic N) is 2. The maximum absolute atomic E-state index is 6.16. The van der Waals surface area contributed by atoms with Crippen molar-refractivity contribution >= 4 is 11.6 Å². The van der Waals surface area contributed by atoms with Crippen LogP contribution in [-0.2, 0) is 0 Å². The van der Waals surface area contributed by atoms with Crippen LogP contribution in [0.2, 0.25) is 5.02 Å². The molecule has 3 nitrogen and oxygen atoms in total. The van der Waals surface area contributed by atoms with Gasteiger partial charge < -0.3 is 5.73 Å². The molecular formula is C12H14ClN3. The van der Waals surface area contributed by atoms with Crippen LogP contribution in [0.4, 0.5) is 0 Å². The average molecular weight is 236 g/mol. The van der Waals surface area contributed by atoms with Crippen molar-refractivity contribution in [1.29, 1.82) is 0 Å². The molecule has 0 fully saturated rings. The maximum atomic E-state index is 6.16. The number of hydrogen-bond donors (Lipinski definition) is 1. The largest absolute Gasteiger partial charge is 0.324 e. The van der Waals surface area contributed by atoms with Gasteiger partial charge in [-0.3, -0.25) is 0 Å². The predicted molar refractivity (Wildman–Crippen MR) is 65.9 cm³/mol. The van der Waals surface area contributed by atoms with Gasteiger partial charge in [-0.05, 0) is 37.1 Å². The Bertz CT molecular complexity index is 503. The second kappa shape index (κ2) is 4.28. The lowest BCUT2D eigenvalue weighted by molar-refractivity contribution is 0.814. The molecule has 0 saturated heterocycles. The molecule has 0 aliphatic carbocycles. The summed E-state index contributed by atoms with van der Waals surface area (Å²) in [6, 6.07) is 5.74. The van der Waals surface area contributed by atoms with Gasteiger partial charge in [-0.1, -0.05) is 17.7 Å². The molecule has 0 aliphatic rings. The minimum Gasteiger partial charge on any atom is -0.324 e. The van der Waals surface area contributed by atoms with Crippen molar-refractivity contribution in [3.8, 4) is 5.69 Å². The molecule has 1 heterocycles. The first-order valence-corrected chi connectivity index (χ1v) is 5.52. The van der Waals surface area contributed by atoms with Gasteiger partial charge in [-0.15, -0.1) is 0 Å². The van der Waals surface area contributed by atoms with Gasteiger partial charge in [0.15, 0.2) is 0 Å². The first kappa shape index (κ1) is 11.2. The van der Waals surface area contributed by atoms with Crippen molar-refractivity contribution in [2.24, 2.45) is 5.73 Å². The highest BCUT2D eigenvalue weighted by Gasteiger charge is 2.07. The summed E-state index contributed by atoms with van der Waals surface area (Å²) in [4.78, 5) is 0. The highest BCUT2D eigenvalue weighted by molar-refractivity contribution is 6.31. The molecule has 16 heavy (non-hydrogen) atoms. The fraction of sp³-hybridized carbons (Fsp3) is 0.250. The zero-order chi connectivity index (χ0) is 11.7. The van der Waals surface area contributed by atoms with E-state index in [2.05, 4.69) is 5.10 Å². The number of benzene rings is 1. The molecule has 0 radical (unpaired) electrons. The van der Waals surface area contributed by atoms with Gasteiger partial charge >= 0.3 is 0 Å². The Morgan fingerprint density at radius 2 is 2.19 bits per heavy atom. The normalized spacial score (nSPS) is 12.8. The van der Waals surface area contributed by atoms with Crippen LogP contribution in [-0.4, -0.2) is 9.78 Å². The number of rotatable bonds is 2. The van der Waals surface area contributed by atoms with E-state index in [-0.39, 0.29) is 6.04 Å². The van der Waals surface area contributed by atoms with Gasteiger partial charge in [0.05, 0.1) is 11.9 Å². The molecule has 0 amide bonds. The fourth-order valence-electron chi connectivity index (χ4n) is 1.58. The minimum absolute atomic E-state index is 0.0547. The summed E-state index contributed by atoms with van der Waals surface area (Å²) in [6.07, 6.45) is 3.77. The average Bonchev–Trinajstić information content (AvgIpc) is 2.64. The molecule has 0 bridgehead atoms. The Balaban J connectivity index is 2.42. The Morgan fingerprint density at radius 3 is 2.69 bits per heavy atom. The third-order valence-electron chi connectivity index (χ3n) is 2.45. The lowest BCUT2D eigenvalue weighted by Gasteiger charge is -2.10. The van der Waals surface area contributed by atoms with Gasteiger partial charge in [0.25, 0.3) is 0 Å². The summed E-state index contributed by atoms with van der Waals surface area (Å²) in [5.74, 6) is 0. The van der Waals surface area contributed by atoms with E-state index in [4.69, 9.17) is 17.3 Å². The summed E-state index contributed by atoms with van der Waals surface area (Å²) >= 11 is 6.16. The van der Waals surface area contributed by atoms with E-state index in [0.29, 0.717) is 5.02 Å². The molecule has 0 spiro atoms. The first-order valence-electron chi connectivity index (χ1n) is 5.14. The van der Waals surface area contributed by atoms with Crippen LogP contribution in [0.15, 0.2) is 30.6 Å². The van der Waals surface area contributed by atoms with E-state index in [9.17, 15) is 0 Å². The van der Waals surface area contributed by atoms with Gasteiger partial charge in [0.2, 0.25) is 0 Å². The molecule has 1 aromatic carbocycles. The van der Waals surface area contributed by atoms with Crippen molar-refractivity contribution in [1.82, 2.24) is 9.78 Å². The summed E-state index contributed by atoms with van der Waals surface area (Å²) in [7, 11) is 0. The second-order valence-electron chi connectivity index (χ2n) is 3.96. The van der Waals surface area contributed by atoms with E-state index >= 15 is 0 Å². The van der Waals surface area contributed by atoms with Crippen LogP contribution < -0.4 is 5.73 Å². The SMILES string of the molecule is Cc1cnn(-c2ccc(C(C)N)c(Cl)c2)c1. The van der Waals surface area contributed by atoms with Crippen LogP contribution in [0.1, 0.15) is 24.1 Å². The molecule has 0 saturated carbocycles. The Hall–Kier alpha value is -1.32. The van der Waals surface area contributed by atoms with E-state index in [1.165, 1.54) is 0 Å². The molecule has 2 rings (SSSR count). The quantitative estimate of drug-likeness (QED) is 0.870. The van der Waals surface area contributed by atoms with Crippen molar-refractivity contribution in [3.63, 3.8) is 0 Å². The molecule has 1 unspecified atom stereocenters. The molecule has 1 atom stereocenters. The third-order valence-corrected chi connectivity index (χ3v) is 2.78. The predicted octanol–water partition coefficient (Wildman–Crippen LogP) is 2.85. The maximum Gasteiger partial charge on any atom is 0.0660 e. The smallest absolute Gasteiger partial charge is 0.0660 e. The first-order chi connectivity index (χ1) is 7.58. The van der Waals surface area contributed by atoms with Gasteiger partial charge in [-0.25, -0.2) is 4.68 Å². The number of halogens is 1. The van der Waals surface area contributed by atoms with Crippen LogP contribution in [0.5, 0.6) is 0 Å². The molecule has 0 aliphatic heterocycles. The lowest BCUT2D eigenvalue weighted by atomic mass is 10.1. The molecule has 84 valence electrons. The van der Waals surface area contributed by atoms with Crippen molar-refractivity contribution < 1.29 is 0 Å². The van der Waals surface area contributed by atoms with Crippen LogP contribution in [0.25, 0.3) is 5.69 Å². The summed E-state index contributed by atoms with van der Waals surface area (Å²) < 4.78 is 1.80. The third kappa shape index (κ3) is 2.10. The topological polar surface area (TPSA) is 43.8 Å². The zero-order valence-electron chi connectivity index (χ0n) is 9.31. The second-order valence-corrected chi connectivity index (χ2v) is 4.36. The number of aryl methyl sites for hydroxylation is 1. The van der Waals surface area contributed by atoms with Crippen LogP contribution in [0.3, 0.4) is 0 Å². The van der Waals surface area contributed by atoms with Crippen LogP contribution in [0, 0.1) is 6.92 Å². The number of hydrogen-bond acceptors (Lipinski definition) is 2. The Labute approximate surface area is 99.8 Å². The van der Waals surface area contributed by atoms with Gasteiger partial charge in [0.1, 0.15) is 0 Å². The van der Waals surface area contributed by atoms with Crippen LogP contribution >= 0.6 is 11.6 Å². The van der Waals surface area contributed by atoms with Gasteiger partial charge in [-0.2, -0.15) is 5.10 Å². The number of aromatic nitrogens is 2. The zero-order valence-corrected chi connectivity index (χ0v) is 10.1. The van der Waals surface area contributed by atoms with Crippen molar-refractivity contribution in [3.05, 3.63) is 46.7 Å². The molecule has 2 N–H and O–H groups in total. The van der Waals surface area contributed by atoms with E-state index in [1.54, 1.807) is 4.68 Å². The lowest BCUT2D eigenvalue weighted by Crippen LogP contribution is -2.06. The molecule has 4 heteroatoms. The molecular weight excluding hydrogens is 222 g/mol. The summed E-state index contributed by atoms with van der Waals surface area (Å²) in [6.45, 7) is 3.92. The van der Waals surface area contributed by atoms with Crippen molar-refractivity contribution in [2.75, 3.05) is 0 Å². The standard InChI is InChI=1S/C12H14ClN3/c1-8-6-15-16(7-8)10-3-4-11(9(2)14)12(13)5-10/h3-7,9H,14H2,1-2H3. The highest BCUT2D eigenvalue weighted by Crippen LogP contribution is 2.24. The highest BCUT2D eigenvalue weighted by atomic mass is 35.5. The summed E-state index contributed by atoms with van der Waals surface area (Å²) in [5, 5.41) is 4.91. The van der Waals surface area contributed by atoms with E-state index in [1.807, 2.05) is 44.4 Å². The molecule has 2 aromatic rings.